The molecule has 8 aromatic carbocycles. The smallest absolute Gasteiger partial charge is 0.312 e. The van der Waals surface area contributed by atoms with Crippen molar-refractivity contribution < 1.29 is 48.6 Å². The summed E-state index contributed by atoms with van der Waals surface area (Å²) in [5.74, 6) is 1.55. The van der Waals surface area contributed by atoms with Crippen molar-refractivity contribution in [3.63, 3.8) is 0 Å². The maximum absolute atomic E-state index is 14.8. The van der Waals surface area contributed by atoms with Crippen LogP contribution in [-0.2, 0) is 58.7 Å². The Labute approximate surface area is 564 Å². The van der Waals surface area contributed by atoms with Gasteiger partial charge in [0.2, 0.25) is 0 Å². The van der Waals surface area contributed by atoms with Gasteiger partial charge in [-0.25, -0.2) is 0 Å². The van der Waals surface area contributed by atoms with Gasteiger partial charge in [0.05, 0.1) is 30.7 Å². The third-order valence-corrected chi connectivity index (χ3v) is 17.1. The van der Waals surface area contributed by atoms with Crippen molar-refractivity contribution in [1.29, 1.82) is 0 Å². The Morgan fingerprint density at radius 2 is 0.702 bits per heavy atom. The van der Waals surface area contributed by atoms with Crippen LogP contribution in [0.3, 0.4) is 0 Å². The fourth-order valence-electron chi connectivity index (χ4n) is 11.7. The Balaban J connectivity index is 0.00000226. The molecule has 0 radical (unpaired) electrons. The summed E-state index contributed by atoms with van der Waals surface area (Å²) in [5, 5.41) is 28.4. The molecule has 506 valence electrons. The molecule has 0 saturated carbocycles. The average molecular weight is 1280 g/mol. The van der Waals surface area contributed by atoms with Gasteiger partial charge in [-0.15, -0.1) is 0 Å². The van der Waals surface area contributed by atoms with Crippen LogP contribution in [0.2, 0.25) is 0 Å². The molecule has 10 nitrogen and oxygen atoms in total. The van der Waals surface area contributed by atoms with Crippen molar-refractivity contribution in [2.75, 3.05) is 13.2 Å². The van der Waals surface area contributed by atoms with E-state index in [2.05, 4.69) is 130 Å². The quantitative estimate of drug-likeness (QED) is 0.0276. The zero-order valence-corrected chi connectivity index (χ0v) is 58.9. The summed E-state index contributed by atoms with van der Waals surface area (Å²) in [6, 6.07) is 68.5. The number of esters is 2. The number of ether oxygens (including phenoxy) is 5. The lowest BCUT2D eigenvalue weighted by atomic mass is 9.68. The number of hydrogen-bond acceptors (Lipinski definition) is 10. The molecule has 3 N–H and O–H groups in total. The lowest BCUT2D eigenvalue weighted by molar-refractivity contribution is -0.165. The van der Waals surface area contributed by atoms with Crippen molar-refractivity contribution >= 4 is 11.9 Å². The highest BCUT2D eigenvalue weighted by Crippen LogP contribution is 2.47. The molecule has 0 heterocycles. The Bertz CT molecular complexity index is 3290. The van der Waals surface area contributed by atoms with Crippen LogP contribution in [0, 0.1) is 10.8 Å². The first-order valence-corrected chi connectivity index (χ1v) is 34.4. The van der Waals surface area contributed by atoms with E-state index >= 15 is 0 Å². The van der Waals surface area contributed by atoms with Gasteiger partial charge in [-0.2, -0.15) is 0 Å². The van der Waals surface area contributed by atoms with Crippen molar-refractivity contribution in [3.8, 4) is 17.2 Å². The van der Waals surface area contributed by atoms with E-state index in [1.54, 1.807) is 0 Å². The van der Waals surface area contributed by atoms with E-state index in [1.807, 2.05) is 173 Å². The van der Waals surface area contributed by atoms with Crippen molar-refractivity contribution in [3.05, 3.63) is 267 Å². The fourth-order valence-corrected chi connectivity index (χ4v) is 11.7. The number of rotatable bonds is 32. The molecule has 0 bridgehead atoms. The van der Waals surface area contributed by atoms with E-state index in [9.17, 15) is 24.9 Å². The summed E-state index contributed by atoms with van der Waals surface area (Å²) in [4.78, 5) is 29.5. The van der Waals surface area contributed by atoms with Gasteiger partial charge >= 0.3 is 11.9 Å². The first-order chi connectivity index (χ1) is 45.7. The van der Waals surface area contributed by atoms with Gasteiger partial charge in [0.15, 0.2) is 0 Å². The first-order valence-electron chi connectivity index (χ1n) is 34.4. The van der Waals surface area contributed by atoms with Gasteiger partial charge in [0.25, 0.3) is 0 Å². The van der Waals surface area contributed by atoms with Crippen LogP contribution in [0.4, 0.5) is 0 Å². The third kappa shape index (κ3) is 24.4. The molecule has 0 aromatic heterocycles. The van der Waals surface area contributed by atoms with Crippen molar-refractivity contribution in [2.45, 2.75) is 198 Å². The van der Waals surface area contributed by atoms with Gasteiger partial charge in [0, 0.05) is 5.92 Å². The van der Waals surface area contributed by atoms with E-state index in [-0.39, 0.29) is 74.6 Å². The SMILES string of the molecule is CC.CC.CC.CC.CCC(CC(C)(CC(C)c1ccccc1)C(=O)OCCOC(=O)C(C)(C)C(CC(CC(C)c1ccc(COc2ccc(CO)cc2)cc1)c1ccccc1)c1ccc(COc2ccc(CO)cc2)cc1)c1ccc(COc2ccc(CO)cc2)cc1. The average Bonchev–Trinajstić information content (AvgIpc) is 0.834. The Morgan fingerprint density at radius 3 is 1.09 bits per heavy atom. The second kappa shape index (κ2) is 42.3. The molecule has 6 unspecified atom stereocenters. The normalized spacial score (nSPS) is 13.0. The largest absolute Gasteiger partial charge is 0.489 e. The van der Waals surface area contributed by atoms with Crippen molar-refractivity contribution in [1.82, 2.24) is 0 Å². The molecular weight excluding hydrogens is 1170 g/mol. The van der Waals surface area contributed by atoms with E-state index in [4.69, 9.17) is 23.7 Å². The van der Waals surface area contributed by atoms with E-state index < -0.39 is 10.8 Å². The zero-order valence-electron chi connectivity index (χ0n) is 58.9. The number of hydrogen-bond donors (Lipinski definition) is 3. The molecule has 0 amide bonds. The summed E-state index contributed by atoms with van der Waals surface area (Å²) < 4.78 is 30.7. The molecule has 8 aromatic rings. The number of carbonyl (C=O) groups excluding carboxylic acids is 2. The van der Waals surface area contributed by atoms with Gasteiger partial charge in [-0.3, -0.25) is 9.59 Å². The minimum Gasteiger partial charge on any atom is -0.489 e. The maximum Gasteiger partial charge on any atom is 0.312 e. The molecule has 0 aliphatic rings. The highest BCUT2D eigenvalue weighted by molar-refractivity contribution is 5.78. The molecule has 6 atom stereocenters. The molecule has 0 fully saturated rings. The summed E-state index contributed by atoms with van der Waals surface area (Å²) in [5.41, 5.74) is 9.32. The summed E-state index contributed by atoms with van der Waals surface area (Å²) >= 11 is 0. The summed E-state index contributed by atoms with van der Waals surface area (Å²) in [7, 11) is 0. The number of aliphatic hydroxyl groups is 3. The fraction of sp³-hybridized carbons (Fsp3) is 0.405. The van der Waals surface area contributed by atoms with Crippen LogP contribution in [0.5, 0.6) is 17.2 Å². The van der Waals surface area contributed by atoms with Gasteiger partial charge in [0.1, 0.15) is 50.3 Å². The minimum absolute atomic E-state index is 0.0113. The Morgan fingerprint density at radius 1 is 0.372 bits per heavy atom. The van der Waals surface area contributed by atoms with Crippen LogP contribution in [0.25, 0.3) is 0 Å². The topological polar surface area (TPSA) is 141 Å². The number of benzene rings is 8. The van der Waals surface area contributed by atoms with Crippen LogP contribution in [-0.4, -0.2) is 40.5 Å². The van der Waals surface area contributed by atoms with Gasteiger partial charge < -0.3 is 39.0 Å². The maximum atomic E-state index is 14.8. The third-order valence-electron chi connectivity index (χ3n) is 17.1. The predicted molar refractivity (Wildman–Crippen MR) is 385 cm³/mol. The number of aliphatic hydroxyl groups excluding tert-OH is 3. The van der Waals surface area contributed by atoms with Crippen LogP contribution in [0.15, 0.2) is 206 Å². The second-order valence-electron chi connectivity index (χ2n) is 23.9. The molecule has 10 heteroatoms. The second-order valence-corrected chi connectivity index (χ2v) is 23.9. The van der Waals surface area contributed by atoms with E-state index in [0.29, 0.717) is 44.8 Å². The summed E-state index contributed by atoms with van der Waals surface area (Å²) in [6.45, 7) is 29.5. The molecule has 0 spiro atoms. The van der Waals surface area contributed by atoms with E-state index in [1.165, 1.54) is 11.1 Å². The lowest BCUT2D eigenvalue weighted by Crippen LogP contribution is -2.36. The first kappa shape index (κ1) is 78.4. The minimum atomic E-state index is -1.02. The predicted octanol–water partition coefficient (Wildman–Crippen LogP) is 20.4. The highest BCUT2D eigenvalue weighted by atomic mass is 16.6. The van der Waals surface area contributed by atoms with E-state index in [0.717, 1.165) is 74.4 Å². The highest BCUT2D eigenvalue weighted by Gasteiger charge is 2.42. The molecule has 0 aliphatic carbocycles. The lowest BCUT2D eigenvalue weighted by Gasteiger charge is -2.36. The Kier molecular flexibility index (Phi) is 35.3. The zero-order chi connectivity index (χ0) is 68.9. The standard InChI is InChI=1S/C76H86O10.4C2H6/c1-7-62(66-32-20-60(21-33-66)52-85-70-38-26-57(49-78)27-39-70)47-76(6,46-55(3)63-14-10-8-11-15-63)74(81)83-43-42-82-73(80)75(4,5)72(67-34-22-61(23-35-67)53-86-71-40-28-58(50-79)29-41-71)45-68(65-16-12-9-13-17-65)44-54(2)64-30-18-59(19-31-64)51-84-69-36-24-56(48-77)25-37-69;4*1-2/h8-41,54-55,62,68,72,77-79H,7,42-53H2,1-6H3;4*1-2H3. The van der Waals surface area contributed by atoms with Crippen LogP contribution < -0.4 is 14.2 Å². The Hall–Kier alpha value is -8.02. The van der Waals surface area contributed by atoms with Crippen LogP contribution in [0.1, 0.15) is 220 Å². The van der Waals surface area contributed by atoms with Gasteiger partial charge in [-0.1, -0.05) is 246 Å². The molecule has 0 saturated heterocycles. The van der Waals surface area contributed by atoms with Crippen LogP contribution >= 0.6 is 0 Å². The molecule has 0 aliphatic heterocycles. The monoisotopic (exact) mass is 1280 g/mol. The molecule has 8 rings (SSSR count). The summed E-state index contributed by atoms with van der Waals surface area (Å²) in [6.07, 6.45) is 3.41. The van der Waals surface area contributed by atoms with Gasteiger partial charge in [-0.05, 0) is 174 Å². The van der Waals surface area contributed by atoms with Crippen molar-refractivity contribution in [2.24, 2.45) is 10.8 Å². The molecular formula is C84H110O10. The molecule has 94 heavy (non-hydrogen) atoms. The number of carbonyl (C=O) groups is 2.